The number of urea groups is 1. The van der Waals surface area contributed by atoms with Crippen LogP contribution in [-0.4, -0.2) is 37.1 Å². The fourth-order valence-corrected chi connectivity index (χ4v) is 2.45. The Morgan fingerprint density at radius 3 is 2.71 bits per heavy atom. The van der Waals surface area contributed by atoms with Crippen molar-refractivity contribution in [3.05, 3.63) is 29.8 Å². The molecule has 1 aromatic carbocycles. The van der Waals surface area contributed by atoms with Crippen LogP contribution in [0, 0.1) is 0 Å². The van der Waals surface area contributed by atoms with Crippen LogP contribution in [0.5, 0.6) is 0 Å². The molecule has 1 fully saturated rings. The summed E-state index contributed by atoms with van der Waals surface area (Å²) >= 11 is 0. The van der Waals surface area contributed by atoms with Crippen molar-refractivity contribution in [2.75, 3.05) is 25.5 Å². The van der Waals surface area contributed by atoms with E-state index in [4.69, 9.17) is 0 Å². The predicted molar refractivity (Wildman–Crippen MR) is 74.1 cm³/mol. The number of rotatable bonds is 3. The van der Waals surface area contributed by atoms with Gasteiger partial charge in [-0.2, -0.15) is 13.2 Å². The summed E-state index contributed by atoms with van der Waals surface area (Å²) in [6.07, 6.45) is -2.44. The average Bonchev–Trinajstić information content (AvgIpc) is 2.81. The highest BCUT2D eigenvalue weighted by Gasteiger charge is 2.33. The third-order valence-corrected chi connectivity index (χ3v) is 3.65. The molecule has 1 heterocycles. The summed E-state index contributed by atoms with van der Waals surface area (Å²) < 4.78 is 38.4. The Balaban J connectivity index is 1.94. The molecule has 0 saturated carbocycles. The van der Waals surface area contributed by atoms with Crippen LogP contribution in [-0.2, 0) is 6.18 Å². The van der Waals surface area contributed by atoms with Crippen molar-refractivity contribution >= 4 is 11.7 Å². The molecular formula is C14H18F3N3O. The molecule has 4 nitrogen and oxygen atoms in total. The Bertz CT molecular complexity index is 504. The van der Waals surface area contributed by atoms with E-state index in [0.29, 0.717) is 6.54 Å². The van der Waals surface area contributed by atoms with Crippen molar-refractivity contribution in [1.29, 1.82) is 0 Å². The molecular weight excluding hydrogens is 283 g/mol. The molecule has 0 unspecified atom stereocenters. The van der Waals surface area contributed by atoms with Gasteiger partial charge in [-0.25, -0.2) is 4.79 Å². The number of benzene rings is 1. The monoisotopic (exact) mass is 301 g/mol. The third kappa shape index (κ3) is 4.10. The first-order valence-corrected chi connectivity index (χ1v) is 6.79. The Morgan fingerprint density at radius 1 is 1.38 bits per heavy atom. The molecule has 116 valence electrons. The molecule has 1 aliphatic heterocycles. The standard InChI is InChI=1S/C14H18F3N3O/c1-20-8-4-5-10(20)9-18-13(21)19-12-7-3-2-6-11(12)14(15,16)17/h2-3,6-7,10H,4-5,8-9H2,1H3,(H2,18,19,21)/t10-/m1/s1. The second-order valence-corrected chi connectivity index (χ2v) is 5.16. The minimum absolute atomic E-state index is 0.234. The van der Waals surface area contributed by atoms with E-state index >= 15 is 0 Å². The Hall–Kier alpha value is -1.76. The number of hydrogen-bond acceptors (Lipinski definition) is 2. The van der Waals surface area contributed by atoms with Gasteiger partial charge in [0.15, 0.2) is 0 Å². The van der Waals surface area contributed by atoms with Crippen LogP contribution in [0.25, 0.3) is 0 Å². The summed E-state index contributed by atoms with van der Waals surface area (Å²) in [5, 5.41) is 4.89. The molecule has 1 atom stereocenters. The van der Waals surface area contributed by atoms with E-state index in [1.807, 2.05) is 7.05 Å². The maximum Gasteiger partial charge on any atom is 0.418 e. The van der Waals surface area contributed by atoms with E-state index in [1.165, 1.54) is 18.2 Å². The molecule has 1 saturated heterocycles. The van der Waals surface area contributed by atoms with Crippen molar-refractivity contribution in [2.24, 2.45) is 0 Å². The number of amides is 2. The zero-order valence-corrected chi connectivity index (χ0v) is 11.7. The van der Waals surface area contributed by atoms with Crippen LogP contribution in [0.3, 0.4) is 0 Å². The van der Waals surface area contributed by atoms with Gasteiger partial charge in [-0.1, -0.05) is 12.1 Å². The highest BCUT2D eigenvalue weighted by atomic mass is 19.4. The number of anilines is 1. The lowest BCUT2D eigenvalue weighted by Gasteiger charge is -2.20. The van der Waals surface area contributed by atoms with Crippen molar-refractivity contribution in [2.45, 2.75) is 25.1 Å². The number of nitrogens with zero attached hydrogens (tertiary/aromatic N) is 1. The normalized spacial score (nSPS) is 19.5. The van der Waals surface area contributed by atoms with Gasteiger partial charge in [0.1, 0.15) is 0 Å². The van der Waals surface area contributed by atoms with Gasteiger partial charge in [0.05, 0.1) is 11.3 Å². The van der Waals surface area contributed by atoms with Crippen molar-refractivity contribution in [1.82, 2.24) is 10.2 Å². The van der Waals surface area contributed by atoms with Crippen LogP contribution in [0.2, 0.25) is 0 Å². The SMILES string of the molecule is CN1CCC[C@@H]1CNC(=O)Nc1ccccc1C(F)(F)F. The number of halogens is 3. The van der Waals surface area contributed by atoms with Gasteiger partial charge in [0.2, 0.25) is 0 Å². The van der Waals surface area contributed by atoms with Gasteiger partial charge in [-0.3, -0.25) is 0 Å². The number of hydrogen-bond donors (Lipinski definition) is 2. The Labute approximate surface area is 121 Å². The van der Waals surface area contributed by atoms with E-state index in [1.54, 1.807) is 0 Å². The lowest BCUT2D eigenvalue weighted by Crippen LogP contribution is -2.40. The van der Waals surface area contributed by atoms with E-state index in [0.717, 1.165) is 25.5 Å². The summed E-state index contributed by atoms with van der Waals surface area (Å²) in [4.78, 5) is 13.9. The number of likely N-dealkylation sites (tertiary alicyclic amines) is 1. The maximum absolute atomic E-state index is 12.8. The van der Waals surface area contributed by atoms with E-state index in [9.17, 15) is 18.0 Å². The van der Waals surface area contributed by atoms with Crippen molar-refractivity contribution < 1.29 is 18.0 Å². The quantitative estimate of drug-likeness (QED) is 0.901. The van der Waals surface area contributed by atoms with Gasteiger partial charge in [-0.05, 0) is 38.6 Å². The molecule has 0 spiro atoms. The minimum Gasteiger partial charge on any atom is -0.336 e. The van der Waals surface area contributed by atoms with Crippen LogP contribution < -0.4 is 10.6 Å². The predicted octanol–water partition coefficient (Wildman–Crippen LogP) is 2.92. The van der Waals surface area contributed by atoms with E-state index in [-0.39, 0.29) is 11.7 Å². The van der Waals surface area contributed by atoms with Crippen molar-refractivity contribution in [3.63, 3.8) is 0 Å². The van der Waals surface area contributed by atoms with Crippen molar-refractivity contribution in [3.8, 4) is 0 Å². The zero-order chi connectivity index (χ0) is 15.5. The van der Waals surface area contributed by atoms with Gasteiger partial charge >= 0.3 is 12.2 Å². The first kappa shape index (κ1) is 15.6. The molecule has 21 heavy (non-hydrogen) atoms. The third-order valence-electron chi connectivity index (χ3n) is 3.65. The molecule has 0 aliphatic carbocycles. The number of carbonyl (C=O) groups excluding carboxylic acids is 1. The van der Waals surface area contributed by atoms with Gasteiger partial charge in [-0.15, -0.1) is 0 Å². The Kier molecular flexibility index (Phi) is 4.72. The molecule has 2 amide bonds. The highest BCUT2D eigenvalue weighted by molar-refractivity contribution is 5.90. The van der Waals surface area contributed by atoms with E-state index in [2.05, 4.69) is 15.5 Å². The smallest absolute Gasteiger partial charge is 0.336 e. The lowest BCUT2D eigenvalue weighted by molar-refractivity contribution is -0.136. The van der Waals surface area contributed by atoms with Crippen LogP contribution >= 0.6 is 0 Å². The molecule has 0 aromatic heterocycles. The van der Waals surface area contributed by atoms with Crippen LogP contribution in [0.15, 0.2) is 24.3 Å². The Morgan fingerprint density at radius 2 is 2.10 bits per heavy atom. The number of nitrogens with one attached hydrogen (secondary N) is 2. The van der Waals surface area contributed by atoms with Crippen LogP contribution in [0.1, 0.15) is 18.4 Å². The minimum atomic E-state index is -4.49. The van der Waals surface area contributed by atoms with Crippen LogP contribution in [0.4, 0.5) is 23.7 Å². The topological polar surface area (TPSA) is 44.4 Å². The maximum atomic E-state index is 12.8. The first-order chi connectivity index (χ1) is 9.88. The molecule has 0 radical (unpaired) electrons. The summed E-state index contributed by atoms with van der Waals surface area (Å²) in [5.74, 6) is 0. The summed E-state index contributed by atoms with van der Waals surface area (Å²) in [6.45, 7) is 1.40. The first-order valence-electron chi connectivity index (χ1n) is 6.79. The molecule has 7 heteroatoms. The highest BCUT2D eigenvalue weighted by Crippen LogP contribution is 2.34. The second kappa shape index (κ2) is 6.34. The summed E-state index contributed by atoms with van der Waals surface area (Å²) in [5.41, 5.74) is -1.08. The number of alkyl halides is 3. The average molecular weight is 301 g/mol. The number of carbonyl (C=O) groups is 1. The fourth-order valence-electron chi connectivity index (χ4n) is 2.45. The molecule has 2 N–H and O–H groups in total. The molecule has 0 bridgehead atoms. The molecule has 2 rings (SSSR count). The summed E-state index contributed by atoms with van der Waals surface area (Å²) in [7, 11) is 1.97. The molecule has 1 aliphatic rings. The lowest BCUT2D eigenvalue weighted by atomic mass is 10.1. The second-order valence-electron chi connectivity index (χ2n) is 5.16. The molecule has 1 aromatic rings. The number of likely N-dealkylation sites (N-methyl/N-ethyl adjacent to an activating group) is 1. The summed E-state index contributed by atoms with van der Waals surface area (Å²) in [6, 6.07) is 4.56. The van der Waals surface area contributed by atoms with Gasteiger partial charge in [0, 0.05) is 12.6 Å². The van der Waals surface area contributed by atoms with E-state index < -0.39 is 17.8 Å². The van der Waals surface area contributed by atoms with Gasteiger partial charge < -0.3 is 15.5 Å². The zero-order valence-electron chi connectivity index (χ0n) is 11.7. The number of para-hydroxylation sites is 1. The fraction of sp³-hybridized carbons (Fsp3) is 0.500. The largest absolute Gasteiger partial charge is 0.418 e. The van der Waals surface area contributed by atoms with Gasteiger partial charge in [0.25, 0.3) is 0 Å².